The van der Waals surface area contributed by atoms with Crippen molar-refractivity contribution in [3.8, 4) is 0 Å². The molecular formula is C13H19BrFN. The van der Waals surface area contributed by atoms with Crippen LogP contribution in [-0.2, 0) is 6.42 Å². The molecule has 0 saturated heterocycles. The average Bonchev–Trinajstić information content (AvgIpc) is 2.15. The fraction of sp³-hybridized carbons (Fsp3) is 0.538. The van der Waals surface area contributed by atoms with Crippen LogP contribution in [-0.4, -0.2) is 6.04 Å². The number of halogens is 2. The summed E-state index contributed by atoms with van der Waals surface area (Å²) in [5.41, 5.74) is 6.72. The Morgan fingerprint density at radius 2 is 2.06 bits per heavy atom. The van der Waals surface area contributed by atoms with Gasteiger partial charge in [0.2, 0.25) is 0 Å². The Hall–Kier alpha value is -0.410. The van der Waals surface area contributed by atoms with Crippen molar-refractivity contribution in [2.45, 2.75) is 39.2 Å². The molecule has 0 fully saturated rings. The number of benzene rings is 1. The van der Waals surface area contributed by atoms with Gasteiger partial charge in [-0.3, -0.25) is 0 Å². The van der Waals surface area contributed by atoms with Crippen LogP contribution in [0.2, 0.25) is 0 Å². The second kappa shape index (κ2) is 6.36. The third kappa shape index (κ3) is 4.62. The molecule has 90 valence electrons. The normalized spacial score (nSPS) is 13.1. The average molecular weight is 288 g/mol. The summed E-state index contributed by atoms with van der Waals surface area (Å²) in [7, 11) is 0. The lowest BCUT2D eigenvalue weighted by Crippen LogP contribution is -2.22. The summed E-state index contributed by atoms with van der Waals surface area (Å²) in [4.78, 5) is 0. The van der Waals surface area contributed by atoms with Crippen LogP contribution in [0.25, 0.3) is 0 Å². The predicted molar refractivity (Wildman–Crippen MR) is 69.9 cm³/mol. The highest BCUT2D eigenvalue weighted by atomic mass is 79.9. The number of rotatable bonds is 5. The first-order valence-corrected chi connectivity index (χ1v) is 6.48. The molecule has 1 aromatic rings. The van der Waals surface area contributed by atoms with Gasteiger partial charge in [-0.05, 0) is 42.9 Å². The Labute approximate surface area is 105 Å². The molecule has 0 saturated carbocycles. The molecular weight excluding hydrogens is 269 g/mol. The third-order valence-corrected chi connectivity index (χ3v) is 3.07. The molecule has 1 nitrogen and oxygen atoms in total. The number of nitrogens with two attached hydrogens (primary N) is 1. The SMILES string of the molecule is CC(C)CC(N)CCc1ccc(Br)cc1F. The van der Waals surface area contributed by atoms with E-state index in [1.807, 2.05) is 12.1 Å². The van der Waals surface area contributed by atoms with Crippen LogP contribution in [0.15, 0.2) is 22.7 Å². The minimum atomic E-state index is -0.147. The van der Waals surface area contributed by atoms with E-state index in [-0.39, 0.29) is 11.9 Å². The second-order valence-corrected chi connectivity index (χ2v) is 5.58. The maximum Gasteiger partial charge on any atom is 0.127 e. The van der Waals surface area contributed by atoms with Crippen molar-refractivity contribution in [1.29, 1.82) is 0 Å². The van der Waals surface area contributed by atoms with Crippen molar-refractivity contribution in [2.75, 3.05) is 0 Å². The van der Waals surface area contributed by atoms with Crippen molar-refractivity contribution in [3.05, 3.63) is 34.1 Å². The first-order chi connectivity index (χ1) is 7.49. The first-order valence-electron chi connectivity index (χ1n) is 5.68. The van der Waals surface area contributed by atoms with Gasteiger partial charge in [0.25, 0.3) is 0 Å². The molecule has 2 N–H and O–H groups in total. The van der Waals surface area contributed by atoms with Crippen LogP contribution in [0.5, 0.6) is 0 Å². The van der Waals surface area contributed by atoms with Crippen LogP contribution in [0.3, 0.4) is 0 Å². The number of hydrogen-bond acceptors (Lipinski definition) is 1. The van der Waals surface area contributed by atoms with E-state index in [1.54, 1.807) is 0 Å². The summed E-state index contributed by atoms with van der Waals surface area (Å²) in [6.07, 6.45) is 2.56. The third-order valence-electron chi connectivity index (χ3n) is 2.57. The van der Waals surface area contributed by atoms with Gasteiger partial charge in [0.05, 0.1) is 0 Å². The van der Waals surface area contributed by atoms with E-state index in [2.05, 4.69) is 29.8 Å². The van der Waals surface area contributed by atoms with Gasteiger partial charge in [0.15, 0.2) is 0 Å². The van der Waals surface area contributed by atoms with Crippen LogP contribution >= 0.6 is 15.9 Å². The zero-order valence-corrected chi connectivity index (χ0v) is 11.4. The molecule has 0 amide bonds. The maximum absolute atomic E-state index is 13.5. The fourth-order valence-electron chi connectivity index (χ4n) is 1.79. The van der Waals surface area contributed by atoms with Gasteiger partial charge in [-0.1, -0.05) is 35.8 Å². The summed E-state index contributed by atoms with van der Waals surface area (Å²) in [5.74, 6) is 0.455. The van der Waals surface area contributed by atoms with E-state index in [1.165, 1.54) is 6.07 Å². The first kappa shape index (κ1) is 13.7. The molecule has 1 unspecified atom stereocenters. The van der Waals surface area contributed by atoms with Crippen molar-refractivity contribution >= 4 is 15.9 Å². The zero-order valence-electron chi connectivity index (χ0n) is 9.84. The van der Waals surface area contributed by atoms with E-state index in [0.717, 1.165) is 22.9 Å². The quantitative estimate of drug-likeness (QED) is 0.874. The summed E-state index contributed by atoms with van der Waals surface area (Å²) >= 11 is 3.24. The molecule has 1 aromatic carbocycles. The molecule has 1 atom stereocenters. The van der Waals surface area contributed by atoms with Crippen molar-refractivity contribution in [2.24, 2.45) is 11.7 Å². The predicted octanol–water partition coefficient (Wildman–Crippen LogP) is 3.89. The lowest BCUT2D eigenvalue weighted by atomic mass is 9.98. The topological polar surface area (TPSA) is 26.0 Å². The highest BCUT2D eigenvalue weighted by Crippen LogP contribution is 2.17. The molecule has 0 heterocycles. The summed E-state index contributed by atoms with van der Waals surface area (Å²) in [5, 5.41) is 0. The largest absolute Gasteiger partial charge is 0.328 e. The molecule has 0 spiro atoms. The van der Waals surface area contributed by atoms with Gasteiger partial charge in [-0.15, -0.1) is 0 Å². The van der Waals surface area contributed by atoms with E-state index >= 15 is 0 Å². The molecule has 16 heavy (non-hydrogen) atoms. The van der Waals surface area contributed by atoms with Gasteiger partial charge >= 0.3 is 0 Å². The minimum Gasteiger partial charge on any atom is -0.328 e. The summed E-state index contributed by atoms with van der Waals surface area (Å²) in [6, 6.07) is 5.36. The van der Waals surface area contributed by atoms with Gasteiger partial charge < -0.3 is 5.73 Å². The van der Waals surface area contributed by atoms with Gasteiger partial charge in [-0.25, -0.2) is 4.39 Å². The zero-order chi connectivity index (χ0) is 12.1. The standard InChI is InChI=1S/C13H19BrFN/c1-9(2)7-12(16)6-4-10-3-5-11(14)8-13(10)15/h3,5,8-9,12H,4,6-7,16H2,1-2H3. The molecule has 0 aliphatic rings. The van der Waals surface area contributed by atoms with Gasteiger partial charge in [0.1, 0.15) is 5.82 Å². The maximum atomic E-state index is 13.5. The monoisotopic (exact) mass is 287 g/mol. The van der Waals surface area contributed by atoms with Gasteiger partial charge in [-0.2, -0.15) is 0 Å². The molecule has 1 rings (SSSR count). The summed E-state index contributed by atoms with van der Waals surface area (Å²) < 4.78 is 14.3. The smallest absolute Gasteiger partial charge is 0.127 e. The second-order valence-electron chi connectivity index (χ2n) is 4.66. The number of hydrogen-bond donors (Lipinski definition) is 1. The molecule has 0 aromatic heterocycles. The Morgan fingerprint density at radius 1 is 1.38 bits per heavy atom. The Balaban J connectivity index is 2.48. The fourth-order valence-corrected chi connectivity index (χ4v) is 2.12. The van der Waals surface area contributed by atoms with E-state index in [0.29, 0.717) is 12.3 Å². The lowest BCUT2D eigenvalue weighted by Gasteiger charge is -2.14. The molecule has 0 aliphatic carbocycles. The van der Waals surface area contributed by atoms with Crippen LogP contribution in [0, 0.1) is 11.7 Å². The van der Waals surface area contributed by atoms with Crippen molar-refractivity contribution in [3.63, 3.8) is 0 Å². The van der Waals surface area contributed by atoms with Crippen LogP contribution in [0.1, 0.15) is 32.3 Å². The highest BCUT2D eigenvalue weighted by molar-refractivity contribution is 9.10. The van der Waals surface area contributed by atoms with E-state index < -0.39 is 0 Å². The Bertz CT molecular complexity index is 339. The minimum absolute atomic E-state index is 0.147. The Morgan fingerprint density at radius 3 is 2.62 bits per heavy atom. The molecule has 0 radical (unpaired) electrons. The molecule has 0 aliphatic heterocycles. The number of aryl methyl sites for hydroxylation is 1. The summed E-state index contributed by atoms with van der Waals surface area (Å²) in [6.45, 7) is 4.31. The van der Waals surface area contributed by atoms with Crippen LogP contribution < -0.4 is 5.73 Å². The highest BCUT2D eigenvalue weighted by Gasteiger charge is 2.08. The molecule has 3 heteroatoms. The Kier molecular flexibility index (Phi) is 5.42. The van der Waals surface area contributed by atoms with E-state index in [4.69, 9.17) is 5.73 Å². The van der Waals surface area contributed by atoms with Gasteiger partial charge in [0, 0.05) is 10.5 Å². The van der Waals surface area contributed by atoms with Crippen molar-refractivity contribution in [1.82, 2.24) is 0 Å². The van der Waals surface area contributed by atoms with Crippen LogP contribution in [0.4, 0.5) is 4.39 Å². The molecule has 0 bridgehead atoms. The van der Waals surface area contributed by atoms with Crippen molar-refractivity contribution < 1.29 is 4.39 Å². The van der Waals surface area contributed by atoms with E-state index in [9.17, 15) is 4.39 Å². The lowest BCUT2D eigenvalue weighted by molar-refractivity contribution is 0.469.